The van der Waals surface area contributed by atoms with E-state index in [9.17, 15) is 0 Å². The molecule has 0 unspecified atom stereocenters. The highest BCUT2D eigenvalue weighted by Crippen LogP contribution is 1.97. The molecule has 1 aromatic heterocycles. The first kappa shape index (κ1) is 15.2. The van der Waals surface area contributed by atoms with E-state index in [2.05, 4.69) is 23.8 Å². The minimum absolute atomic E-state index is 0. The number of hydrogen-bond acceptors (Lipinski definition) is 2. The fourth-order valence-electron chi connectivity index (χ4n) is 1.35. The molecule has 2 N–H and O–H groups in total. The largest absolute Gasteiger partial charge is 0.370 e. The standard InChI is InChI=1S/C10H19N5.HI/c1-4-15(5-2)10(11)13-8-9-12-6-7-14(9)3;/h6-7H,4-5,8H2,1-3H3,(H2,11,13);1H. The third-order valence-corrected chi connectivity index (χ3v) is 2.39. The number of aryl methyl sites for hydroxylation is 1. The smallest absolute Gasteiger partial charge is 0.191 e. The molecule has 0 amide bonds. The maximum absolute atomic E-state index is 5.84. The van der Waals surface area contributed by atoms with Gasteiger partial charge < -0.3 is 15.2 Å². The van der Waals surface area contributed by atoms with Crippen molar-refractivity contribution in [2.24, 2.45) is 17.8 Å². The summed E-state index contributed by atoms with van der Waals surface area (Å²) in [6.07, 6.45) is 3.66. The van der Waals surface area contributed by atoms with Gasteiger partial charge in [0.05, 0.1) is 0 Å². The van der Waals surface area contributed by atoms with Gasteiger partial charge in [0.1, 0.15) is 12.4 Å². The summed E-state index contributed by atoms with van der Waals surface area (Å²) in [6.45, 7) is 6.42. The molecule has 0 aromatic carbocycles. The van der Waals surface area contributed by atoms with E-state index in [-0.39, 0.29) is 24.0 Å². The molecule has 0 atom stereocenters. The quantitative estimate of drug-likeness (QED) is 0.510. The van der Waals surface area contributed by atoms with Crippen LogP contribution in [-0.2, 0) is 13.6 Å². The van der Waals surface area contributed by atoms with Crippen molar-refractivity contribution in [1.82, 2.24) is 14.5 Å². The highest BCUT2D eigenvalue weighted by molar-refractivity contribution is 14.0. The third kappa shape index (κ3) is 3.99. The lowest BCUT2D eigenvalue weighted by atomic mass is 10.5. The summed E-state index contributed by atoms with van der Waals surface area (Å²) in [5, 5.41) is 0. The van der Waals surface area contributed by atoms with Gasteiger partial charge in [0.25, 0.3) is 0 Å². The maximum atomic E-state index is 5.84. The summed E-state index contributed by atoms with van der Waals surface area (Å²) >= 11 is 0. The van der Waals surface area contributed by atoms with E-state index in [1.807, 2.05) is 22.7 Å². The van der Waals surface area contributed by atoms with Gasteiger partial charge in [0, 0.05) is 32.5 Å². The third-order valence-electron chi connectivity index (χ3n) is 2.39. The monoisotopic (exact) mass is 337 g/mol. The second-order valence-electron chi connectivity index (χ2n) is 3.30. The van der Waals surface area contributed by atoms with E-state index in [1.54, 1.807) is 6.20 Å². The lowest BCUT2D eigenvalue weighted by molar-refractivity contribution is 0.457. The van der Waals surface area contributed by atoms with Crippen LogP contribution in [0.1, 0.15) is 19.7 Å². The highest BCUT2D eigenvalue weighted by Gasteiger charge is 2.02. The minimum atomic E-state index is 0. The number of aromatic nitrogens is 2. The minimum Gasteiger partial charge on any atom is -0.370 e. The van der Waals surface area contributed by atoms with Crippen LogP contribution in [-0.4, -0.2) is 33.5 Å². The number of guanidine groups is 1. The van der Waals surface area contributed by atoms with Gasteiger partial charge in [0.15, 0.2) is 5.96 Å². The molecule has 6 heteroatoms. The van der Waals surface area contributed by atoms with Crippen LogP contribution in [0.15, 0.2) is 17.4 Å². The number of nitrogens with zero attached hydrogens (tertiary/aromatic N) is 4. The highest BCUT2D eigenvalue weighted by atomic mass is 127. The normalized spacial score (nSPS) is 11.1. The van der Waals surface area contributed by atoms with Gasteiger partial charge in [-0.2, -0.15) is 0 Å². The van der Waals surface area contributed by atoms with Crippen LogP contribution >= 0.6 is 24.0 Å². The number of rotatable bonds is 4. The molecule has 1 aromatic rings. The summed E-state index contributed by atoms with van der Waals surface area (Å²) in [5.41, 5.74) is 5.84. The molecule has 0 saturated carbocycles. The van der Waals surface area contributed by atoms with Gasteiger partial charge >= 0.3 is 0 Å². The fraction of sp³-hybridized carbons (Fsp3) is 0.600. The van der Waals surface area contributed by atoms with Crippen molar-refractivity contribution in [3.63, 3.8) is 0 Å². The Kier molecular flexibility index (Phi) is 7.11. The Hall–Kier alpha value is -0.790. The van der Waals surface area contributed by atoms with E-state index in [4.69, 9.17) is 5.73 Å². The molecule has 0 aliphatic carbocycles. The van der Waals surface area contributed by atoms with E-state index >= 15 is 0 Å². The molecule has 0 aliphatic rings. The van der Waals surface area contributed by atoms with E-state index in [0.717, 1.165) is 18.9 Å². The lowest BCUT2D eigenvalue weighted by Crippen LogP contribution is -2.37. The van der Waals surface area contributed by atoms with Gasteiger partial charge in [-0.05, 0) is 13.8 Å². The summed E-state index contributed by atoms with van der Waals surface area (Å²) < 4.78 is 1.94. The van der Waals surface area contributed by atoms with E-state index in [0.29, 0.717) is 12.5 Å². The average Bonchev–Trinajstić information content (AvgIpc) is 2.63. The Morgan fingerprint density at radius 3 is 2.56 bits per heavy atom. The summed E-state index contributed by atoms with van der Waals surface area (Å²) in [4.78, 5) is 10.5. The predicted octanol–water partition coefficient (Wildman–Crippen LogP) is 1.19. The molecular weight excluding hydrogens is 317 g/mol. The Morgan fingerprint density at radius 1 is 1.50 bits per heavy atom. The van der Waals surface area contributed by atoms with Crippen LogP contribution in [0.3, 0.4) is 0 Å². The Morgan fingerprint density at radius 2 is 2.12 bits per heavy atom. The Bertz CT molecular complexity index is 330. The molecule has 0 spiro atoms. The molecule has 16 heavy (non-hydrogen) atoms. The Labute approximate surface area is 114 Å². The van der Waals surface area contributed by atoms with Gasteiger partial charge in [0.2, 0.25) is 0 Å². The Balaban J connectivity index is 0.00000225. The summed E-state index contributed by atoms with van der Waals surface area (Å²) in [6, 6.07) is 0. The molecule has 0 saturated heterocycles. The molecule has 0 fully saturated rings. The van der Waals surface area contributed by atoms with Gasteiger partial charge in [-0.25, -0.2) is 9.98 Å². The molecule has 1 heterocycles. The van der Waals surface area contributed by atoms with Crippen molar-refractivity contribution >= 4 is 29.9 Å². The van der Waals surface area contributed by atoms with Crippen molar-refractivity contribution < 1.29 is 0 Å². The van der Waals surface area contributed by atoms with Crippen LogP contribution in [0.25, 0.3) is 0 Å². The van der Waals surface area contributed by atoms with Gasteiger partial charge in [-0.1, -0.05) is 0 Å². The number of aliphatic imine (C=N–C) groups is 1. The molecule has 0 radical (unpaired) electrons. The first-order valence-electron chi connectivity index (χ1n) is 5.20. The lowest BCUT2D eigenvalue weighted by Gasteiger charge is -2.19. The molecule has 0 bridgehead atoms. The first-order chi connectivity index (χ1) is 7.19. The van der Waals surface area contributed by atoms with Crippen molar-refractivity contribution in [1.29, 1.82) is 0 Å². The van der Waals surface area contributed by atoms with Crippen LogP contribution in [0.5, 0.6) is 0 Å². The van der Waals surface area contributed by atoms with E-state index in [1.165, 1.54) is 0 Å². The SMILES string of the molecule is CCN(CC)C(N)=NCc1nccn1C.I. The molecule has 92 valence electrons. The second kappa shape index (κ2) is 7.48. The zero-order chi connectivity index (χ0) is 11.3. The number of halogens is 1. The molecule has 1 rings (SSSR count). The van der Waals surface area contributed by atoms with Gasteiger partial charge in [-0.15, -0.1) is 24.0 Å². The van der Waals surface area contributed by atoms with Gasteiger partial charge in [-0.3, -0.25) is 0 Å². The van der Waals surface area contributed by atoms with Crippen molar-refractivity contribution in [3.8, 4) is 0 Å². The van der Waals surface area contributed by atoms with Crippen LogP contribution in [0, 0.1) is 0 Å². The van der Waals surface area contributed by atoms with E-state index < -0.39 is 0 Å². The summed E-state index contributed by atoms with van der Waals surface area (Å²) in [7, 11) is 1.95. The molecule has 5 nitrogen and oxygen atoms in total. The van der Waals surface area contributed by atoms with Crippen molar-refractivity contribution in [2.75, 3.05) is 13.1 Å². The predicted molar refractivity (Wildman–Crippen MR) is 76.9 cm³/mol. The van der Waals surface area contributed by atoms with Crippen LogP contribution in [0.4, 0.5) is 0 Å². The number of hydrogen-bond donors (Lipinski definition) is 1. The summed E-state index contributed by atoms with van der Waals surface area (Å²) in [5.74, 6) is 1.51. The zero-order valence-electron chi connectivity index (χ0n) is 10.1. The van der Waals surface area contributed by atoms with Crippen LogP contribution in [0.2, 0.25) is 0 Å². The fourth-order valence-corrected chi connectivity index (χ4v) is 1.35. The molecular formula is C10H20IN5. The number of imidazole rings is 1. The van der Waals surface area contributed by atoms with Crippen molar-refractivity contribution in [3.05, 3.63) is 18.2 Å². The molecule has 0 aliphatic heterocycles. The number of nitrogens with two attached hydrogens (primary N) is 1. The van der Waals surface area contributed by atoms with Crippen molar-refractivity contribution in [2.45, 2.75) is 20.4 Å². The second-order valence-corrected chi connectivity index (χ2v) is 3.30. The average molecular weight is 337 g/mol. The topological polar surface area (TPSA) is 59.4 Å². The van der Waals surface area contributed by atoms with Crippen LogP contribution < -0.4 is 5.73 Å². The zero-order valence-corrected chi connectivity index (χ0v) is 12.4. The first-order valence-corrected chi connectivity index (χ1v) is 5.20. The maximum Gasteiger partial charge on any atom is 0.191 e.